The fourth-order valence-corrected chi connectivity index (χ4v) is 7.64. The number of ketones is 1. The van der Waals surface area contributed by atoms with Gasteiger partial charge in [-0.25, -0.2) is 4.79 Å². The zero-order valence-corrected chi connectivity index (χ0v) is 27.4. The van der Waals surface area contributed by atoms with Crippen molar-refractivity contribution in [1.82, 2.24) is 19.9 Å². The maximum atomic E-state index is 14.0. The van der Waals surface area contributed by atoms with Gasteiger partial charge in [-0.15, -0.1) is 0 Å². The first-order valence-electron chi connectivity index (χ1n) is 15.6. The number of likely N-dealkylation sites (tertiary alicyclic amines) is 1. The highest BCUT2D eigenvalue weighted by Gasteiger charge is 2.69. The average Bonchev–Trinajstić information content (AvgIpc) is 3.57. The van der Waals surface area contributed by atoms with Crippen LogP contribution >= 0.6 is 0 Å². The number of allylic oxidation sites excluding steroid dienone is 2. The Hall–Kier alpha value is -6.19. The van der Waals surface area contributed by atoms with E-state index in [0.717, 1.165) is 7.11 Å². The molecule has 2 atom stereocenters. The van der Waals surface area contributed by atoms with Gasteiger partial charge in [0.2, 0.25) is 11.5 Å². The third kappa shape index (κ3) is 4.54. The highest BCUT2D eigenvalue weighted by atomic mass is 19.4. The third-order valence-electron chi connectivity index (χ3n) is 9.91. The normalized spacial score (nSPS) is 19.0. The van der Waals surface area contributed by atoms with Crippen LogP contribution in [0.3, 0.4) is 0 Å². The molecule has 16 heteroatoms. The topological polar surface area (TPSA) is 168 Å². The van der Waals surface area contributed by atoms with Crippen molar-refractivity contribution in [3.63, 3.8) is 0 Å². The number of carbonyl (C=O) groups excluding carboxylic acids is 4. The van der Waals surface area contributed by atoms with Gasteiger partial charge >= 0.3 is 12.1 Å². The Morgan fingerprint density at radius 2 is 1.67 bits per heavy atom. The molecule has 2 aliphatic carbocycles. The minimum atomic E-state index is -4.95. The lowest BCUT2D eigenvalue weighted by Gasteiger charge is -2.28. The van der Waals surface area contributed by atoms with Crippen LogP contribution in [0, 0.1) is 5.92 Å². The summed E-state index contributed by atoms with van der Waals surface area (Å²) in [6.45, 7) is 0.133. The van der Waals surface area contributed by atoms with Crippen LogP contribution in [-0.2, 0) is 16.3 Å². The summed E-state index contributed by atoms with van der Waals surface area (Å²) in [5.74, 6) is -2.09. The van der Waals surface area contributed by atoms with E-state index in [1.807, 2.05) is 0 Å². The second-order valence-corrected chi connectivity index (χ2v) is 12.5. The second-order valence-electron chi connectivity index (χ2n) is 12.5. The van der Waals surface area contributed by atoms with Crippen molar-refractivity contribution in [3.8, 4) is 17.2 Å². The Labute approximate surface area is 285 Å². The minimum Gasteiger partial charge on any atom is -0.493 e. The maximum Gasteiger partial charge on any atom is 0.432 e. The lowest BCUT2D eigenvalue weighted by molar-refractivity contribution is -0.141. The third-order valence-corrected chi connectivity index (χ3v) is 9.91. The number of rotatable bonds is 7. The molecule has 13 nitrogen and oxygen atoms in total. The zero-order chi connectivity index (χ0) is 36.1. The van der Waals surface area contributed by atoms with E-state index in [4.69, 9.17) is 18.9 Å². The number of aromatic nitrogens is 3. The molecule has 4 N–H and O–H groups in total. The number of nitrogens with one attached hydrogen (secondary N) is 4. The summed E-state index contributed by atoms with van der Waals surface area (Å²) in [5.41, 5.74) is -1.41. The second kappa shape index (κ2) is 10.9. The molecule has 1 saturated carbocycles. The van der Waals surface area contributed by atoms with Crippen molar-refractivity contribution in [2.45, 2.75) is 18.0 Å². The van der Waals surface area contributed by atoms with Crippen LogP contribution in [0.5, 0.6) is 17.2 Å². The number of halogens is 3. The molecule has 8 rings (SSSR count). The van der Waals surface area contributed by atoms with Crippen LogP contribution in [0.15, 0.2) is 48.2 Å². The van der Waals surface area contributed by atoms with Crippen LogP contribution in [0.1, 0.15) is 59.5 Å². The number of H-pyrrole nitrogens is 3. The Kier molecular flexibility index (Phi) is 6.85. The van der Waals surface area contributed by atoms with Crippen molar-refractivity contribution in [1.29, 1.82) is 0 Å². The Balaban J connectivity index is 1.07. The van der Waals surface area contributed by atoms with E-state index in [9.17, 15) is 32.3 Å². The van der Waals surface area contributed by atoms with Gasteiger partial charge in [-0.2, -0.15) is 13.2 Å². The number of carbonyl (C=O) groups is 4. The van der Waals surface area contributed by atoms with Crippen LogP contribution in [0.4, 0.5) is 18.9 Å². The molecule has 1 spiro atoms. The van der Waals surface area contributed by atoms with Gasteiger partial charge in [0.1, 0.15) is 17.1 Å². The number of fused-ring (bicyclic) bond motifs is 3. The number of nitrogens with zero attached hydrogens (tertiary/aromatic N) is 1. The van der Waals surface area contributed by atoms with E-state index in [0.29, 0.717) is 51.2 Å². The predicted octanol–water partition coefficient (Wildman–Crippen LogP) is 5.55. The number of ether oxygens (including phenoxy) is 4. The number of aromatic amines is 3. The van der Waals surface area contributed by atoms with Crippen LogP contribution in [0.2, 0.25) is 0 Å². The Morgan fingerprint density at radius 1 is 0.922 bits per heavy atom. The van der Waals surface area contributed by atoms with E-state index in [-0.39, 0.29) is 40.8 Å². The number of alkyl halides is 3. The zero-order valence-electron chi connectivity index (χ0n) is 27.4. The van der Waals surface area contributed by atoms with Gasteiger partial charge < -0.3 is 44.1 Å². The summed E-state index contributed by atoms with van der Waals surface area (Å²) in [5, 5.41) is 4.09. The van der Waals surface area contributed by atoms with Crippen molar-refractivity contribution in [2.75, 3.05) is 40.3 Å². The molecule has 51 heavy (non-hydrogen) atoms. The summed E-state index contributed by atoms with van der Waals surface area (Å²) < 4.78 is 63.1. The molecule has 3 aromatic heterocycles. The van der Waals surface area contributed by atoms with Crippen LogP contribution < -0.4 is 19.5 Å². The number of hydrogen-bond donors (Lipinski definition) is 4. The monoisotopic (exact) mass is 703 g/mol. The van der Waals surface area contributed by atoms with Gasteiger partial charge in [0.15, 0.2) is 11.5 Å². The molecule has 2 aromatic carbocycles. The highest BCUT2D eigenvalue weighted by molar-refractivity contribution is 6.12. The van der Waals surface area contributed by atoms with E-state index in [2.05, 4.69) is 20.3 Å². The number of anilines is 1. The van der Waals surface area contributed by atoms with Gasteiger partial charge in [0.05, 0.1) is 45.2 Å². The van der Waals surface area contributed by atoms with E-state index < -0.39 is 46.4 Å². The number of benzene rings is 2. The van der Waals surface area contributed by atoms with Gasteiger partial charge in [0.25, 0.3) is 11.8 Å². The van der Waals surface area contributed by atoms with Crippen molar-refractivity contribution < 1.29 is 51.3 Å². The summed E-state index contributed by atoms with van der Waals surface area (Å²) in [6.07, 6.45) is -3.42. The average molecular weight is 704 g/mol. The van der Waals surface area contributed by atoms with Gasteiger partial charge in [0, 0.05) is 51.3 Å². The molecule has 0 bridgehead atoms. The molecular formula is C35H28F3N5O8. The number of hydrogen-bond acceptors (Lipinski definition) is 8. The van der Waals surface area contributed by atoms with Crippen LogP contribution in [0.25, 0.3) is 21.8 Å². The smallest absolute Gasteiger partial charge is 0.432 e. The lowest BCUT2D eigenvalue weighted by Crippen LogP contribution is -2.34. The first-order chi connectivity index (χ1) is 24.3. The number of piperidine rings is 1. The highest BCUT2D eigenvalue weighted by Crippen LogP contribution is 2.68. The molecule has 3 aliphatic rings. The predicted molar refractivity (Wildman–Crippen MR) is 175 cm³/mol. The summed E-state index contributed by atoms with van der Waals surface area (Å²) in [6, 6.07) is 9.97. The summed E-state index contributed by atoms with van der Waals surface area (Å²) in [4.78, 5) is 62.7. The molecule has 2 amide bonds. The quantitative estimate of drug-likeness (QED) is 0.160. The molecular weight excluding hydrogens is 675 g/mol. The summed E-state index contributed by atoms with van der Waals surface area (Å²) in [7, 11) is 5.42. The standard InChI is InChI=1S/C35H28F3N5O8/c1-48-22-10-15-9-19(41-26(15)29(50-3)28(22)49-2)31(45)39-17-5-6-18-14(7-17)8-20(40-18)32(46)43-13-16-12-34(16)23(43)11-21(44)27-25(34)24(33(47)51-4)30(42-27)35(36,37)38/h5-11,16,40-42H,12-13H2,1-4H3,(H,39,45)/t16-,34+/m1/s1. The van der Waals surface area contributed by atoms with Crippen molar-refractivity contribution >= 4 is 51.1 Å². The Morgan fingerprint density at radius 3 is 2.35 bits per heavy atom. The SMILES string of the molecule is COC(=O)c1c(C(F)(F)F)[nH]c2c1[C@@]13C[C@@H]1CN(C(=O)c1cc4cc(NC(=O)c5cc6cc(OC)c(OC)c(OC)c6[nH]5)ccc4[nH]1)C3=CC2=O. The van der Waals surface area contributed by atoms with Gasteiger partial charge in [-0.3, -0.25) is 14.4 Å². The number of methoxy groups -OCH3 is 4. The largest absolute Gasteiger partial charge is 0.493 e. The van der Waals surface area contributed by atoms with Gasteiger partial charge in [-0.05, 0) is 48.7 Å². The number of esters is 1. The molecule has 0 radical (unpaired) electrons. The molecule has 5 aromatic rings. The molecule has 1 saturated heterocycles. The number of amides is 2. The Bertz CT molecular complexity index is 2400. The van der Waals surface area contributed by atoms with Crippen molar-refractivity contribution in [3.05, 3.63) is 82.1 Å². The fraction of sp³-hybridized carbons (Fsp3) is 0.257. The van der Waals surface area contributed by atoms with Crippen LogP contribution in [-0.4, -0.2) is 78.4 Å². The van der Waals surface area contributed by atoms with Crippen molar-refractivity contribution in [2.24, 2.45) is 5.92 Å². The van der Waals surface area contributed by atoms with Gasteiger partial charge in [-0.1, -0.05) is 0 Å². The molecule has 1 aliphatic heterocycles. The molecule has 0 unspecified atom stereocenters. The minimum absolute atomic E-state index is 0.0758. The first kappa shape index (κ1) is 32.0. The molecule has 4 heterocycles. The first-order valence-corrected chi connectivity index (χ1v) is 15.6. The molecule has 262 valence electrons. The van der Waals surface area contributed by atoms with E-state index >= 15 is 0 Å². The fourth-order valence-electron chi connectivity index (χ4n) is 7.64. The van der Waals surface area contributed by atoms with E-state index in [1.54, 1.807) is 36.4 Å². The summed E-state index contributed by atoms with van der Waals surface area (Å²) >= 11 is 0. The molecule has 2 fully saturated rings. The lowest BCUT2D eigenvalue weighted by atomic mass is 9.82. The van der Waals surface area contributed by atoms with E-state index in [1.165, 1.54) is 32.3 Å². The maximum absolute atomic E-state index is 14.0.